The predicted molar refractivity (Wildman–Crippen MR) is 113 cm³/mol. The molecule has 0 saturated carbocycles. The van der Waals surface area contributed by atoms with Gasteiger partial charge in [0.1, 0.15) is 5.75 Å². The van der Waals surface area contributed by atoms with Gasteiger partial charge >= 0.3 is 0 Å². The average Bonchev–Trinajstić information content (AvgIpc) is 3.06. The molecule has 0 atom stereocenters. The fraction of sp³-hybridized carbons (Fsp3) is 0.125. The van der Waals surface area contributed by atoms with Crippen LogP contribution in [0.4, 0.5) is 0 Å². The lowest BCUT2D eigenvalue weighted by atomic mass is 9.97. The molecular formula is C24H22N2O2. The van der Waals surface area contributed by atoms with Crippen molar-refractivity contribution in [2.45, 2.75) is 13.8 Å². The molecule has 1 N–H and O–H groups in total. The van der Waals surface area contributed by atoms with E-state index in [1.165, 1.54) is 0 Å². The second-order valence-electron chi connectivity index (χ2n) is 6.88. The molecule has 0 aliphatic carbocycles. The summed E-state index contributed by atoms with van der Waals surface area (Å²) >= 11 is 0. The number of H-pyrrole nitrogens is 1. The van der Waals surface area contributed by atoms with Crippen molar-refractivity contribution in [3.8, 4) is 33.8 Å². The van der Waals surface area contributed by atoms with Crippen LogP contribution in [-0.2, 0) is 0 Å². The van der Waals surface area contributed by atoms with Gasteiger partial charge < -0.3 is 4.74 Å². The lowest BCUT2D eigenvalue weighted by Crippen LogP contribution is -2.05. The van der Waals surface area contributed by atoms with Gasteiger partial charge in [0.2, 0.25) is 0 Å². The number of aromatic nitrogens is 2. The van der Waals surface area contributed by atoms with Crippen LogP contribution in [0.15, 0.2) is 77.6 Å². The van der Waals surface area contributed by atoms with Crippen molar-refractivity contribution in [2.75, 3.05) is 7.11 Å². The van der Waals surface area contributed by atoms with Crippen molar-refractivity contribution in [3.05, 3.63) is 94.3 Å². The van der Waals surface area contributed by atoms with Crippen molar-refractivity contribution in [1.29, 1.82) is 0 Å². The van der Waals surface area contributed by atoms with E-state index in [9.17, 15) is 4.79 Å². The standard InChI is InChI=1S/C24H22N2O2/c1-16-8-10-18(11-9-16)22-23(21-7-5-4-6-17(21)2)26(25-24(22)27)19-12-14-20(28-3)15-13-19/h4-15H,1-3H3,(H,25,27). The maximum absolute atomic E-state index is 13.0. The van der Waals surface area contributed by atoms with Crippen LogP contribution < -0.4 is 10.3 Å². The van der Waals surface area contributed by atoms with Crippen LogP contribution in [0.2, 0.25) is 0 Å². The summed E-state index contributed by atoms with van der Waals surface area (Å²) in [6, 6.07) is 23.8. The van der Waals surface area contributed by atoms with Gasteiger partial charge in [0.05, 0.1) is 24.1 Å². The van der Waals surface area contributed by atoms with Gasteiger partial charge in [-0.3, -0.25) is 14.6 Å². The van der Waals surface area contributed by atoms with Crippen LogP contribution in [-0.4, -0.2) is 16.9 Å². The highest BCUT2D eigenvalue weighted by atomic mass is 16.5. The molecule has 4 nitrogen and oxygen atoms in total. The first-order valence-electron chi connectivity index (χ1n) is 9.21. The number of nitrogens with zero attached hydrogens (tertiary/aromatic N) is 1. The molecule has 0 unspecified atom stereocenters. The van der Waals surface area contributed by atoms with Gasteiger partial charge in [-0.2, -0.15) is 0 Å². The Morgan fingerprint density at radius 3 is 2.18 bits per heavy atom. The summed E-state index contributed by atoms with van der Waals surface area (Å²) in [6.45, 7) is 4.10. The third kappa shape index (κ3) is 3.14. The van der Waals surface area contributed by atoms with E-state index in [0.717, 1.165) is 39.4 Å². The van der Waals surface area contributed by atoms with E-state index >= 15 is 0 Å². The normalized spacial score (nSPS) is 10.8. The van der Waals surface area contributed by atoms with E-state index in [2.05, 4.69) is 24.2 Å². The molecule has 0 saturated heterocycles. The molecule has 0 radical (unpaired) electrons. The topological polar surface area (TPSA) is 47.0 Å². The molecule has 4 aromatic rings. The molecule has 0 spiro atoms. The smallest absolute Gasteiger partial charge is 0.272 e. The van der Waals surface area contributed by atoms with Crippen molar-refractivity contribution >= 4 is 0 Å². The van der Waals surface area contributed by atoms with Crippen molar-refractivity contribution in [1.82, 2.24) is 9.78 Å². The minimum absolute atomic E-state index is 0.113. The Morgan fingerprint density at radius 2 is 1.54 bits per heavy atom. The molecule has 0 bridgehead atoms. The van der Waals surface area contributed by atoms with Crippen LogP contribution in [0.5, 0.6) is 5.75 Å². The van der Waals surface area contributed by atoms with Crippen molar-refractivity contribution in [2.24, 2.45) is 0 Å². The minimum atomic E-state index is -0.113. The van der Waals surface area contributed by atoms with Crippen LogP contribution in [0, 0.1) is 13.8 Å². The fourth-order valence-electron chi connectivity index (χ4n) is 3.44. The van der Waals surface area contributed by atoms with Crippen LogP contribution in [0.1, 0.15) is 11.1 Å². The molecule has 0 fully saturated rings. The van der Waals surface area contributed by atoms with E-state index in [0.29, 0.717) is 5.56 Å². The molecule has 4 rings (SSSR count). The van der Waals surface area contributed by atoms with Gasteiger partial charge in [0, 0.05) is 5.56 Å². The summed E-state index contributed by atoms with van der Waals surface area (Å²) in [4.78, 5) is 13.0. The molecule has 0 amide bonds. The molecule has 0 aliphatic heterocycles. The van der Waals surface area contributed by atoms with Crippen LogP contribution >= 0.6 is 0 Å². The zero-order valence-corrected chi connectivity index (χ0v) is 16.2. The Bertz CT molecular complexity index is 1170. The second-order valence-corrected chi connectivity index (χ2v) is 6.88. The first-order valence-corrected chi connectivity index (χ1v) is 9.21. The monoisotopic (exact) mass is 370 g/mol. The zero-order valence-electron chi connectivity index (χ0n) is 16.2. The first-order chi connectivity index (χ1) is 13.6. The Balaban J connectivity index is 2.01. The zero-order chi connectivity index (χ0) is 19.7. The summed E-state index contributed by atoms with van der Waals surface area (Å²) < 4.78 is 7.13. The Kier molecular flexibility index (Phi) is 4.62. The van der Waals surface area contributed by atoms with Gasteiger partial charge in [0.15, 0.2) is 0 Å². The summed E-state index contributed by atoms with van der Waals surface area (Å²) in [5, 5.41) is 3.03. The number of hydrogen-bond acceptors (Lipinski definition) is 2. The number of hydrogen-bond donors (Lipinski definition) is 1. The maximum atomic E-state index is 13.0. The molecule has 3 aromatic carbocycles. The summed E-state index contributed by atoms with van der Waals surface area (Å²) in [6.07, 6.45) is 0. The van der Waals surface area contributed by atoms with E-state index < -0.39 is 0 Å². The largest absolute Gasteiger partial charge is 0.497 e. The van der Waals surface area contributed by atoms with Crippen molar-refractivity contribution < 1.29 is 4.74 Å². The van der Waals surface area contributed by atoms with Gasteiger partial charge in [-0.25, -0.2) is 0 Å². The molecule has 4 heteroatoms. The number of methoxy groups -OCH3 is 1. The van der Waals surface area contributed by atoms with E-state index in [4.69, 9.17) is 4.74 Å². The molecular weight excluding hydrogens is 348 g/mol. The third-order valence-electron chi connectivity index (χ3n) is 4.97. The number of ether oxygens (including phenoxy) is 1. The average molecular weight is 370 g/mol. The fourth-order valence-corrected chi connectivity index (χ4v) is 3.44. The number of rotatable bonds is 4. The Labute approximate surface area is 164 Å². The van der Waals surface area contributed by atoms with Gasteiger partial charge in [-0.1, -0.05) is 54.1 Å². The highest BCUT2D eigenvalue weighted by Gasteiger charge is 2.20. The summed E-state index contributed by atoms with van der Waals surface area (Å²) in [5.74, 6) is 0.773. The number of aryl methyl sites for hydroxylation is 2. The van der Waals surface area contributed by atoms with Crippen molar-refractivity contribution in [3.63, 3.8) is 0 Å². The number of benzene rings is 3. The van der Waals surface area contributed by atoms with Crippen LogP contribution in [0.3, 0.4) is 0 Å². The van der Waals surface area contributed by atoms with Gasteiger partial charge in [0.25, 0.3) is 5.56 Å². The lowest BCUT2D eigenvalue weighted by molar-refractivity contribution is 0.414. The number of aromatic amines is 1. The van der Waals surface area contributed by atoms with Gasteiger partial charge in [-0.05, 0) is 49.2 Å². The lowest BCUT2D eigenvalue weighted by Gasteiger charge is -2.13. The molecule has 28 heavy (non-hydrogen) atoms. The maximum Gasteiger partial charge on any atom is 0.272 e. The highest BCUT2D eigenvalue weighted by molar-refractivity contribution is 5.83. The predicted octanol–water partition coefficient (Wildman–Crippen LogP) is 5.13. The SMILES string of the molecule is COc1ccc(-n2[nH]c(=O)c(-c3ccc(C)cc3)c2-c2ccccc2C)cc1. The molecule has 1 heterocycles. The molecule has 140 valence electrons. The van der Waals surface area contributed by atoms with Gasteiger partial charge in [-0.15, -0.1) is 0 Å². The Hall–Kier alpha value is -3.53. The Morgan fingerprint density at radius 1 is 0.857 bits per heavy atom. The quantitative estimate of drug-likeness (QED) is 0.542. The molecule has 0 aliphatic rings. The minimum Gasteiger partial charge on any atom is -0.497 e. The van der Waals surface area contributed by atoms with E-state index in [-0.39, 0.29) is 5.56 Å². The second kappa shape index (κ2) is 7.24. The number of nitrogens with one attached hydrogen (secondary N) is 1. The van der Waals surface area contributed by atoms with E-state index in [1.807, 2.05) is 72.3 Å². The molecule has 1 aromatic heterocycles. The van der Waals surface area contributed by atoms with E-state index in [1.54, 1.807) is 7.11 Å². The first kappa shape index (κ1) is 17.9. The third-order valence-corrected chi connectivity index (χ3v) is 4.97. The summed E-state index contributed by atoms with van der Waals surface area (Å²) in [7, 11) is 1.64. The van der Waals surface area contributed by atoms with Crippen LogP contribution in [0.25, 0.3) is 28.1 Å². The highest BCUT2D eigenvalue weighted by Crippen LogP contribution is 2.33. The summed E-state index contributed by atoms with van der Waals surface area (Å²) in [5.41, 5.74) is 6.48.